The molecule has 1 atom stereocenters. The quantitative estimate of drug-likeness (QED) is 0.504. The summed E-state index contributed by atoms with van der Waals surface area (Å²) in [5.74, 6) is -1.40. The van der Waals surface area contributed by atoms with Gasteiger partial charge in [-0.05, 0) is 42.6 Å². The number of carbonyl (C=O) groups is 1. The maximum absolute atomic E-state index is 13.4. The van der Waals surface area contributed by atoms with Gasteiger partial charge in [-0.1, -0.05) is 13.8 Å². The lowest BCUT2D eigenvalue weighted by molar-refractivity contribution is -0.172. The van der Waals surface area contributed by atoms with Crippen LogP contribution in [0.1, 0.15) is 49.3 Å². The van der Waals surface area contributed by atoms with Crippen LogP contribution in [-0.2, 0) is 34.7 Å². The van der Waals surface area contributed by atoms with Gasteiger partial charge in [-0.15, -0.1) is 0 Å². The molecule has 0 bridgehead atoms. The van der Waals surface area contributed by atoms with E-state index in [1.807, 2.05) is 6.92 Å². The van der Waals surface area contributed by atoms with Gasteiger partial charge < -0.3 is 19.5 Å². The van der Waals surface area contributed by atoms with E-state index < -0.39 is 42.5 Å². The summed E-state index contributed by atoms with van der Waals surface area (Å²) in [7, 11) is 0. The molecule has 0 amide bonds. The van der Waals surface area contributed by atoms with Crippen LogP contribution in [0.3, 0.4) is 0 Å². The number of aliphatic hydroxyl groups is 1. The molecule has 3 aromatic rings. The number of phenols is 1. The highest BCUT2D eigenvalue weighted by Crippen LogP contribution is 2.40. The third-order valence-corrected chi connectivity index (χ3v) is 5.71. The number of esters is 1. The minimum Gasteiger partial charge on any atom is -0.508 e. The summed E-state index contributed by atoms with van der Waals surface area (Å²) in [6, 6.07) is 5.97. The molecule has 29 heavy (non-hydrogen) atoms. The summed E-state index contributed by atoms with van der Waals surface area (Å²) in [6.45, 7) is -1.86. The summed E-state index contributed by atoms with van der Waals surface area (Å²) >= 11 is 0. The molecule has 0 saturated carbocycles. The highest BCUT2D eigenvalue weighted by molar-refractivity contribution is 5.89. The maximum Gasteiger partial charge on any atom is 0.343 e. The molecule has 1 aromatic carbocycles. The molecule has 0 saturated heterocycles. The first kappa shape index (κ1) is 13.1. The SMILES string of the molecule is [2H]C([2H])([2H])C([2H])([2H])[C@@]1(O)C(=O)OCc2c1cc1n(c2=O)Cc2c-1nc1ccc(O)cc1c2CC. The normalized spacial score (nSPS) is 23.1. The van der Waals surface area contributed by atoms with Gasteiger partial charge in [0.05, 0.1) is 29.0 Å². The molecule has 7 nitrogen and oxygen atoms in total. The van der Waals surface area contributed by atoms with E-state index in [-0.39, 0.29) is 23.6 Å². The van der Waals surface area contributed by atoms with Gasteiger partial charge in [0.2, 0.25) is 0 Å². The first-order valence-electron chi connectivity index (χ1n) is 11.6. The second kappa shape index (κ2) is 5.90. The van der Waals surface area contributed by atoms with Gasteiger partial charge in [-0.3, -0.25) is 4.79 Å². The fraction of sp³-hybridized carbons (Fsp3) is 0.318. The van der Waals surface area contributed by atoms with Gasteiger partial charge in [-0.2, -0.15) is 0 Å². The molecule has 4 heterocycles. The van der Waals surface area contributed by atoms with Crippen molar-refractivity contribution in [3.8, 4) is 17.1 Å². The van der Waals surface area contributed by atoms with Crippen LogP contribution in [0.15, 0.2) is 29.1 Å². The number of fused-ring (bicyclic) bond motifs is 5. The number of ether oxygens (including phenoxy) is 1. The molecule has 148 valence electrons. The van der Waals surface area contributed by atoms with Crippen LogP contribution < -0.4 is 5.56 Å². The van der Waals surface area contributed by atoms with Gasteiger partial charge >= 0.3 is 5.97 Å². The lowest BCUT2D eigenvalue weighted by Crippen LogP contribution is -2.44. The molecule has 0 spiro atoms. The Bertz CT molecular complexity index is 1460. The van der Waals surface area contributed by atoms with Crippen LogP contribution in [0.25, 0.3) is 22.3 Å². The fourth-order valence-corrected chi connectivity index (χ4v) is 4.28. The summed E-state index contributed by atoms with van der Waals surface area (Å²) in [5.41, 5.74) is -1.70. The zero-order valence-electron chi connectivity index (χ0n) is 20.4. The zero-order valence-corrected chi connectivity index (χ0v) is 15.4. The van der Waals surface area contributed by atoms with Crippen LogP contribution in [-0.4, -0.2) is 25.7 Å². The van der Waals surface area contributed by atoms with Gasteiger partial charge in [0.1, 0.15) is 12.4 Å². The van der Waals surface area contributed by atoms with Crippen molar-refractivity contribution in [3.63, 3.8) is 0 Å². The molecule has 7 heteroatoms. The Morgan fingerprint density at radius 2 is 2.17 bits per heavy atom. The summed E-state index contributed by atoms with van der Waals surface area (Å²) in [4.78, 5) is 30.7. The number of hydrogen-bond donors (Lipinski definition) is 2. The highest BCUT2D eigenvalue weighted by Gasteiger charge is 2.45. The Labute approximate surface area is 173 Å². The fourth-order valence-electron chi connectivity index (χ4n) is 4.28. The zero-order chi connectivity index (χ0) is 24.8. The average Bonchev–Trinajstić information content (AvgIpc) is 3.13. The third-order valence-electron chi connectivity index (χ3n) is 5.71. The minimum atomic E-state index is -3.44. The Balaban J connectivity index is 1.83. The van der Waals surface area contributed by atoms with Crippen LogP contribution in [0.5, 0.6) is 5.75 Å². The van der Waals surface area contributed by atoms with Crippen LogP contribution >= 0.6 is 0 Å². The standard InChI is InChI=1S/C22H20N2O5/c1-3-12-13-7-11(25)5-6-17(13)23-19-14(12)9-24-18(19)8-16-15(20(24)26)10-29-21(27)22(16,28)4-2/h5-8,25,28H,3-4,9-10H2,1-2H3/t22-/m0/s1/i2D3,4D2. The van der Waals surface area contributed by atoms with Crippen molar-refractivity contribution < 1.29 is 26.6 Å². The Kier molecular flexibility index (Phi) is 2.67. The summed E-state index contributed by atoms with van der Waals surface area (Å²) in [5, 5.41) is 21.9. The Hall–Kier alpha value is -3.19. The lowest BCUT2D eigenvalue weighted by atomic mass is 9.86. The maximum atomic E-state index is 13.4. The second-order valence-electron chi connectivity index (χ2n) is 7.20. The number of aryl methyl sites for hydroxylation is 1. The number of pyridine rings is 2. The summed E-state index contributed by atoms with van der Waals surface area (Å²) in [6.07, 6.45) is -2.87. The van der Waals surface area contributed by atoms with E-state index in [1.165, 1.54) is 16.7 Å². The predicted octanol–water partition coefficient (Wildman–Crippen LogP) is 2.35. The van der Waals surface area contributed by atoms with Crippen molar-refractivity contribution in [1.82, 2.24) is 9.55 Å². The number of benzene rings is 1. The molecule has 2 aliphatic heterocycles. The molecule has 2 aromatic heterocycles. The molecule has 2 N–H and O–H groups in total. The van der Waals surface area contributed by atoms with Crippen LogP contribution in [0.2, 0.25) is 0 Å². The van der Waals surface area contributed by atoms with E-state index in [0.717, 1.165) is 16.5 Å². The van der Waals surface area contributed by atoms with E-state index in [2.05, 4.69) is 4.98 Å². The van der Waals surface area contributed by atoms with Crippen LogP contribution in [0, 0.1) is 0 Å². The first-order valence-corrected chi connectivity index (χ1v) is 9.14. The number of carbonyl (C=O) groups excluding carboxylic acids is 1. The largest absolute Gasteiger partial charge is 0.508 e. The molecule has 5 rings (SSSR count). The van der Waals surface area contributed by atoms with E-state index in [1.54, 1.807) is 12.1 Å². The van der Waals surface area contributed by atoms with Crippen LogP contribution in [0.4, 0.5) is 0 Å². The van der Waals surface area contributed by atoms with Gasteiger partial charge in [0.15, 0.2) is 5.60 Å². The Morgan fingerprint density at radius 3 is 2.93 bits per heavy atom. The van der Waals surface area contributed by atoms with Crippen molar-refractivity contribution in [2.75, 3.05) is 0 Å². The minimum absolute atomic E-state index is 0.0692. The van der Waals surface area contributed by atoms with Crippen molar-refractivity contribution in [3.05, 3.63) is 56.9 Å². The number of aromatic hydroxyl groups is 1. The van der Waals surface area contributed by atoms with E-state index in [4.69, 9.17) is 11.6 Å². The smallest absolute Gasteiger partial charge is 0.343 e. The third kappa shape index (κ3) is 2.25. The number of aromatic nitrogens is 2. The lowest BCUT2D eigenvalue weighted by Gasteiger charge is -2.31. The first-order chi connectivity index (χ1) is 15.8. The van der Waals surface area contributed by atoms with Gasteiger partial charge in [-0.25, -0.2) is 9.78 Å². The number of cyclic esters (lactones) is 1. The molecule has 0 aliphatic carbocycles. The average molecular weight is 397 g/mol. The highest BCUT2D eigenvalue weighted by atomic mass is 16.6. The van der Waals surface area contributed by atoms with Crippen molar-refractivity contribution >= 4 is 16.9 Å². The molecular weight excluding hydrogens is 372 g/mol. The topological polar surface area (TPSA) is 102 Å². The molecule has 0 unspecified atom stereocenters. The molecule has 0 radical (unpaired) electrons. The number of rotatable bonds is 2. The number of nitrogens with zero attached hydrogens (tertiary/aromatic N) is 2. The predicted molar refractivity (Wildman–Crippen MR) is 106 cm³/mol. The van der Waals surface area contributed by atoms with E-state index in [9.17, 15) is 19.8 Å². The van der Waals surface area contributed by atoms with Gasteiger partial charge in [0.25, 0.3) is 5.56 Å². The number of phenolic OH excluding ortho intramolecular Hbond substituents is 1. The van der Waals surface area contributed by atoms with E-state index >= 15 is 0 Å². The molecule has 2 aliphatic rings. The second-order valence-corrected chi connectivity index (χ2v) is 7.20. The number of hydrogen-bond acceptors (Lipinski definition) is 6. The van der Waals surface area contributed by atoms with Gasteiger partial charge in [0, 0.05) is 23.4 Å². The Morgan fingerprint density at radius 1 is 1.34 bits per heavy atom. The monoisotopic (exact) mass is 397 g/mol. The molecule has 0 fully saturated rings. The van der Waals surface area contributed by atoms with Crippen molar-refractivity contribution in [1.29, 1.82) is 0 Å². The van der Waals surface area contributed by atoms with Crippen molar-refractivity contribution in [2.45, 2.75) is 45.3 Å². The summed E-state index contributed by atoms with van der Waals surface area (Å²) < 4.78 is 45.3. The van der Waals surface area contributed by atoms with E-state index in [0.29, 0.717) is 17.6 Å². The molecular formula is C22H20N2O5. The van der Waals surface area contributed by atoms with Crippen molar-refractivity contribution in [2.24, 2.45) is 0 Å².